The molecule has 0 aromatic carbocycles. The second-order valence-corrected chi connectivity index (χ2v) is 7.04. The Morgan fingerprint density at radius 1 is 0.850 bits per heavy atom. The van der Waals surface area contributed by atoms with Crippen LogP contribution in [-0.2, 0) is 10.1 Å². The average Bonchev–Trinajstić information content (AvgIpc) is 2.31. The third-order valence-corrected chi connectivity index (χ3v) is 4.87. The first kappa shape index (κ1) is 23.8. The van der Waals surface area contributed by atoms with E-state index in [-0.39, 0.29) is 64.2 Å². The monoisotopic (exact) mass is 332 g/mol. The molecule has 0 aromatic heterocycles. The van der Waals surface area contributed by atoms with Crippen LogP contribution in [0.15, 0.2) is 0 Å². The van der Waals surface area contributed by atoms with Gasteiger partial charge >= 0.3 is 51.4 Å². The first-order chi connectivity index (χ1) is 8.87. The second-order valence-electron chi connectivity index (χ2n) is 5.38. The van der Waals surface area contributed by atoms with Crippen LogP contribution in [0.4, 0.5) is 0 Å². The molecule has 4 nitrogen and oxygen atoms in total. The molecule has 0 aliphatic heterocycles. The van der Waals surface area contributed by atoms with Gasteiger partial charge in [-0.3, -0.25) is 0 Å². The van der Waals surface area contributed by atoms with E-state index in [0.717, 1.165) is 19.3 Å². The van der Waals surface area contributed by atoms with E-state index in [0.29, 0.717) is 12.8 Å². The summed E-state index contributed by atoms with van der Waals surface area (Å²) in [5.74, 6) is 0. The van der Waals surface area contributed by atoms with Crippen molar-refractivity contribution in [1.29, 1.82) is 0 Å². The number of hydrogen-bond donors (Lipinski definition) is 1. The third kappa shape index (κ3) is 10.3. The van der Waals surface area contributed by atoms with Crippen LogP contribution in [0.5, 0.6) is 0 Å². The Morgan fingerprint density at radius 2 is 1.30 bits per heavy atom. The number of hydrogen-bond acceptors (Lipinski definition) is 4. The molecule has 0 aromatic rings. The summed E-state index contributed by atoms with van der Waals surface area (Å²) >= 11 is 0. The molecule has 1 unspecified atom stereocenters. The predicted molar refractivity (Wildman–Crippen MR) is 76.8 cm³/mol. The van der Waals surface area contributed by atoms with Crippen LogP contribution in [0.25, 0.3) is 0 Å². The molecule has 0 radical (unpaired) electrons. The van der Waals surface area contributed by atoms with E-state index in [4.69, 9.17) is 0 Å². The molecule has 0 amide bonds. The van der Waals surface area contributed by atoms with Gasteiger partial charge in [-0.15, -0.1) is 0 Å². The summed E-state index contributed by atoms with van der Waals surface area (Å²) < 4.78 is 33.2. The molecule has 20 heavy (non-hydrogen) atoms. The molecule has 0 aliphatic rings. The van der Waals surface area contributed by atoms with Crippen molar-refractivity contribution in [3.63, 3.8) is 0 Å². The number of unbranched alkanes of at least 4 members (excludes halogenated alkanes) is 7. The normalized spacial score (nSPS) is 14.6. The van der Waals surface area contributed by atoms with Gasteiger partial charge in [-0.25, -0.2) is 8.42 Å². The number of rotatable bonds is 12. The minimum Gasteiger partial charge on any atom is -0.746 e. The fourth-order valence-corrected chi connectivity index (χ4v) is 3.15. The molecule has 0 spiro atoms. The summed E-state index contributed by atoms with van der Waals surface area (Å²) in [5, 5.41) is 9.92. The van der Waals surface area contributed by atoms with Gasteiger partial charge in [0.1, 0.15) is 10.1 Å². The van der Waals surface area contributed by atoms with Crippen LogP contribution in [0.1, 0.15) is 84.5 Å². The second kappa shape index (κ2) is 13.0. The Morgan fingerprint density at radius 3 is 1.70 bits per heavy atom. The first-order valence-electron chi connectivity index (χ1n) is 7.55. The van der Waals surface area contributed by atoms with Gasteiger partial charge in [0, 0.05) is 0 Å². The molecule has 0 bridgehead atoms. The summed E-state index contributed by atoms with van der Waals surface area (Å²) in [6.45, 7) is 3.95. The van der Waals surface area contributed by atoms with Crippen molar-refractivity contribution >= 4 is 10.1 Å². The van der Waals surface area contributed by atoms with Gasteiger partial charge in [0.2, 0.25) is 0 Å². The van der Waals surface area contributed by atoms with Crippen LogP contribution >= 0.6 is 0 Å². The van der Waals surface area contributed by atoms with Gasteiger partial charge in [0.05, 0.1) is 0 Å². The van der Waals surface area contributed by atoms with E-state index in [1.165, 1.54) is 25.7 Å². The smallest absolute Gasteiger partial charge is 0.746 e. The molecule has 0 heterocycles. The van der Waals surface area contributed by atoms with E-state index in [9.17, 15) is 18.1 Å². The summed E-state index contributed by atoms with van der Waals surface area (Å²) in [4.78, 5) is -2.05. The molecule has 0 rings (SSSR count). The van der Waals surface area contributed by atoms with Crippen molar-refractivity contribution in [2.24, 2.45) is 0 Å². The maximum absolute atomic E-state index is 11.1. The maximum Gasteiger partial charge on any atom is 1.00 e. The molecule has 0 saturated heterocycles. The largest absolute Gasteiger partial charge is 1.00 e. The van der Waals surface area contributed by atoms with Crippen molar-refractivity contribution < 1.29 is 69.5 Å². The Balaban J connectivity index is 0. The Bertz CT molecular complexity index is 319. The summed E-state index contributed by atoms with van der Waals surface area (Å²) in [6, 6.07) is 0. The van der Waals surface area contributed by atoms with E-state index < -0.39 is 15.1 Å². The zero-order valence-corrected chi connectivity index (χ0v) is 17.3. The topological polar surface area (TPSA) is 77.4 Å². The Labute approximate surface area is 167 Å². The summed E-state index contributed by atoms with van der Waals surface area (Å²) in [6.07, 6.45) is 9.25. The molecule has 0 fully saturated rings. The van der Waals surface area contributed by atoms with Crippen molar-refractivity contribution in [3.8, 4) is 0 Å². The molecule has 0 aliphatic carbocycles. The predicted octanol–water partition coefficient (Wildman–Crippen LogP) is 0.555. The summed E-state index contributed by atoms with van der Waals surface area (Å²) in [7, 11) is -4.63. The average molecular weight is 333 g/mol. The van der Waals surface area contributed by atoms with Gasteiger partial charge < -0.3 is 9.66 Å². The summed E-state index contributed by atoms with van der Waals surface area (Å²) in [5.41, 5.74) is 0. The minimum absolute atomic E-state index is 0. The quantitative estimate of drug-likeness (QED) is 0.322. The molecular formula is C14H29KO4S. The third-order valence-electron chi connectivity index (χ3n) is 3.53. The minimum atomic E-state index is -4.63. The Kier molecular flexibility index (Phi) is 15.4. The molecule has 116 valence electrons. The standard InChI is InChI=1S/C14H30O4S.K/c1-3-5-6-7-8-9-10-11-13-14(15,12-4-2)19(16,17)18;/h15H,3-13H2,1-2H3,(H,16,17,18);/q;+1/p-1. The van der Waals surface area contributed by atoms with Crippen molar-refractivity contribution in [3.05, 3.63) is 0 Å². The van der Waals surface area contributed by atoms with Gasteiger partial charge in [0.25, 0.3) is 0 Å². The van der Waals surface area contributed by atoms with E-state index in [1.807, 2.05) is 0 Å². The molecular weight excluding hydrogens is 303 g/mol. The Hall–Kier alpha value is 1.51. The molecule has 1 atom stereocenters. The van der Waals surface area contributed by atoms with Crippen molar-refractivity contribution in [2.45, 2.75) is 89.4 Å². The van der Waals surface area contributed by atoms with Crippen molar-refractivity contribution in [2.75, 3.05) is 0 Å². The molecule has 0 saturated carbocycles. The van der Waals surface area contributed by atoms with Gasteiger partial charge in [-0.1, -0.05) is 65.2 Å². The van der Waals surface area contributed by atoms with Gasteiger partial charge in [0.15, 0.2) is 4.93 Å². The van der Waals surface area contributed by atoms with Crippen LogP contribution in [0.2, 0.25) is 0 Å². The van der Waals surface area contributed by atoms with E-state index in [2.05, 4.69) is 6.92 Å². The first-order valence-corrected chi connectivity index (χ1v) is 8.96. The van der Waals surface area contributed by atoms with Crippen LogP contribution < -0.4 is 51.4 Å². The fraction of sp³-hybridized carbons (Fsp3) is 1.00. The zero-order valence-electron chi connectivity index (χ0n) is 13.4. The van der Waals surface area contributed by atoms with E-state index >= 15 is 0 Å². The van der Waals surface area contributed by atoms with Crippen LogP contribution in [-0.4, -0.2) is 23.0 Å². The maximum atomic E-state index is 11.1. The molecule has 1 N–H and O–H groups in total. The van der Waals surface area contributed by atoms with E-state index in [1.54, 1.807) is 6.92 Å². The fourth-order valence-electron chi connectivity index (χ4n) is 2.30. The number of aliphatic hydroxyl groups is 1. The SMILES string of the molecule is CCCCCCCCCCC(O)(CCC)S(=O)(=O)[O-].[K+]. The molecule has 6 heteroatoms. The van der Waals surface area contributed by atoms with Gasteiger partial charge in [-0.05, 0) is 19.3 Å². The zero-order chi connectivity index (χ0) is 14.8. The van der Waals surface area contributed by atoms with Gasteiger partial charge in [-0.2, -0.15) is 0 Å². The van der Waals surface area contributed by atoms with Crippen LogP contribution in [0.3, 0.4) is 0 Å². The van der Waals surface area contributed by atoms with Crippen LogP contribution in [0, 0.1) is 0 Å². The van der Waals surface area contributed by atoms with Crippen molar-refractivity contribution in [1.82, 2.24) is 0 Å².